The molecule has 3 heterocycles. The molecule has 11 heteroatoms. The van der Waals surface area contributed by atoms with Gasteiger partial charge in [-0.25, -0.2) is 14.7 Å². The van der Waals surface area contributed by atoms with Crippen LogP contribution in [0.25, 0.3) is 22.3 Å². The minimum absolute atomic E-state index is 0.136. The summed E-state index contributed by atoms with van der Waals surface area (Å²) in [5.74, 6) is 0.333. The topological polar surface area (TPSA) is 110 Å². The molecule has 1 saturated heterocycles. The van der Waals surface area contributed by atoms with Gasteiger partial charge in [0, 0.05) is 57.9 Å². The van der Waals surface area contributed by atoms with Crippen molar-refractivity contribution in [3.05, 3.63) is 42.7 Å². The molecule has 0 bridgehead atoms. The summed E-state index contributed by atoms with van der Waals surface area (Å²) < 4.78 is 39.6. The lowest BCUT2D eigenvalue weighted by molar-refractivity contribution is -0.0256. The van der Waals surface area contributed by atoms with Crippen LogP contribution in [-0.4, -0.2) is 81.2 Å². The number of benzene rings is 1. The average Bonchev–Trinajstić information content (AvgIpc) is 2.82. The molecule has 1 atom stereocenters. The van der Waals surface area contributed by atoms with Crippen LogP contribution in [0.15, 0.2) is 42.7 Å². The SMILES string of the molecule is CNS(=O)(=O)N1CCO[C@H](COc2nc(-c3ccc(N(C)C)cc3)cc3nccnc23)C1. The second-order valence-corrected chi connectivity index (χ2v) is 9.42. The number of nitrogens with one attached hydrogen (secondary N) is 1. The molecule has 1 N–H and O–H groups in total. The van der Waals surface area contributed by atoms with Crippen molar-refractivity contribution in [3.8, 4) is 17.1 Å². The van der Waals surface area contributed by atoms with E-state index >= 15 is 0 Å². The highest BCUT2D eigenvalue weighted by Gasteiger charge is 2.29. The van der Waals surface area contributed by atoms with Crippen LogP contribution in [-0.2, 0) is 14.9 Å². The highest BCUT2D eigenvalue weighted by atomic mass is 32.2. The molecule has 2 aromatic heterocycles. The first-order chi connectivity index (χ1) is 15.4. The Kier molecular flexibility index (Phi) is 6.51. The van der Waals surface area contributed by atoms with Crippen LogP contribution >= 0.6 is 0 Å². The highest BCUT2D eigenvalue weighted by Crippen LogP contribution is 2.28. The number of fused-ring (bicyclic) bond motifs is 1. The van der Waals surface area contributed by atoms with Crippen molar-refractivity contribution < 1.29 is 17.9 Å². The van der Waals surface area contributed by atoms with Gasteiger partial charge in [-0.2, -0.15) is 12.7 Å². The molecular formula is C21H26N6O4S. The van der Waals surface area contributed by atoms with E-state index in [0.717, 1.165) is 11.3 Å². The molecule has 0 aliphatic carbocycles. The van der Waals surface area contributed by atoms with Crippen molar-refractivity contribution in [3.63, 3.8) is 0 Å². The number of morpholine rings is 1. The lowest BCUT2D eigenvalue weighted by atomic mass is 10.1. The maximum absolute atomic E-state index is 12.1. The van der Waals surface area contributed by atoms with Gasteiger partial charge >= 0.3 is 0 Å². The van der Waals surface area contributed by atoms with Gasteiger partial charge in [0.25, 0.3) is 10.2 Å². The van der Waals surface area contributed by atoms with E-state index in [1.165, 1.54) is 11.4 Å². The predicted octanol–water partition coefficient (Wildman–Crippen LogP) is 1.30. The minimum atomic E-state index is -3.52. The predicted molar refractivity (Wildman–Crippen MR) is 122 cm³/mol. The second-order valence-electron chi connectivity index (χ2n) is 7.55. The van der Waals surface area contributed by atoms with E-state index in [-0.39, 0.29) is 13.2 Å². The van der Waals surface area contributed by atoms with Gasteiger partial charge in [0.15, 0.2) is 5.52 Å². The van der Waals surface area contributed by atoms with Crippen LogP contribution in [0.2, 0.25) is 0 Å². The zero-order chi connectivity index (χ0) is 22.7. The minimum Gasteiger partial charge on any atom is -0.473 e. The number of nitrogens with zero attached hydrogens (tertiary/aromatic N) is 5. The molecule has 0 amide bonds. The van der Waals surface area contributed by atoms with Crippen LogP contribution in [0.1, 0.15) is 0 Å². The molecule has 4 rings (SSSR count). The molecule has 0 saturated carbocycles. The smallest absolute Gasteiger partial charge is 0.279 e. The number of pyridine rings is 1. The van der Waals surface area contributed by atoms with Gasteiger partial charge in [0.2, 0.25) is 5.88 Å². The third-order valence-electron chi connectivity index (χ3n) is 5.21. The molecule has 1 aliphatic rings. The summed E-state index contributed by atoms with van der Waals surface area (Å²) in [6.45, 7) is 0.918. The molecular weight excluding hydrogens is 432 g/mol. The second kappa shape index (κ2) is 9.33. The van der Waals surface area contributed by atoms with Gasteiger partial charge in [-0.15, -0.1) is 0 Å². The first-order valence-corrected chi connectivity index (χ1v) is 11.6. The van der Waals surface area contributed by atoms with Crippen molar-refractivity contribution in [1.29, 1.82) is 0 Å². The van der Waals surface area contributed by atoms with Crippen LogP contribution in [0.5, 0.6) is 5.88 Å². The largest absolute Gasteiger partial charge is 0.473 e. The monoisotopic (exact) mass is 458 g/mol. The molecule has 0 unspecified atom stereocenters. The van der Waals surface area contributed by atoms with Gasteiger partial charge in [-0.3, -0.25) is 4.98 Å². The van der Waals surface area contributed by atoms with Crippen molar-refractivity contribution >= 4 is 26.9 Å². The Morgan fingerprint density at radius 3 is 2.69 bits per heavy atom. The summed E-state index contributed by atoms with van der Waals surface area (Å²) in [5, 5.41) is 0. The van der Waals surface area contributed by atoms with Crippen LogP contribution < -0.4 is 14.4 Å². The van der Waals surface area contributed by atoms with E-state index in [1.54, 1.807) is 12.4 Å². The van der Waals surface area contributed by atoms with Crippen molar-refractivity contribution in [1.82, 2.24) is 24.0 Å². The number of rotatable bonds is 7. The summed E-state index contributed by atoms with van der Waals surface area (Å²) in [4.78, 5) is 15.5. The highest BCUT2D eigenvalue weighted by molar-refractivity contribution is 7.87. The maximum Gasteiger partial charge on any atom is 0.279 e. The maximum atomic E-state index is 12.1. The Hall–Kier alpha value is -2.86. The molecule has 1 fully saturated rings. The van der Waals surface area contributed by atoms with Gasteiger partial charge in [-0.1, -0.05) is 12.1 Å². The van der Waals surface area contributed by atoms with E-state index in [0.29, 0.717) is 35.8 Å². The van der Waals surface area contributed by atoms with E-state index in [1.807, 2.05) is 49.3 Å². The zero-order valence-electron chi connectivity index (χ0n) is 18.2. The standard InChI is InChI=1S/C21H26N6O4S/c1-22-32(28,29)27-10-11-30-17(13-27)14-31-21-20-19(23-8-9-24-20)12-18(25-21)15-4-6-16(7-5-15)26(2)3/h4-9,12,17,22H,10-11,13-14H2,1-3H3/t17-/m0/s1. The number of hydrogen-bond acceptors (Lipinski definition) is 8. The molecule has 3 aromatic rings. The normalized spacial score (nSPS) is 17.4. The fraction of sp³-hybridized carbons (Fsp3) is 0.381. The lowest BCUT2D eigenvalue weighted by Crippen LogP contribution is -2.50. The Morgan fingerprint density at radius 1 is 1.22 bits per heavy atom. The Bertz CT molecular complexity index is 1190. The molecule has 1 aliphatic heterocycles. The quantitative estimate of drug-likeness (QED) is 0.564. The number of aromatic nitrogens is 3. The molecule has 32 heavy (non-hydrogen) atoms. The Labute approximate surface area is 187 Å². The summed E-state index contributed by atoms with van der Waals surface area (Å²) in [6, 6.07) is 9.90. The summed E-state index contributed by atoms with van der Waals surface area (Å²) in [7, 11) is 1.85. The molecule has 10 nitrogen and oxygen atoms in total. The zero-order valence-corrected chi connectivity index (χ0v) is 19.0. The number of ether oxygens (including phenoxy) is 2. The third-order valence-corrected chi connectivity index (χ3v) is 6.74. The number of hydrogen-bond donors (Lipinski definition) is 1. The van der Waals surface area contributed by atoms with Gasteiger partial charge in [0.05, 0.1) is 17.8 Å². The van der Waals surface area contributed by atoms with Crippen molar-refractivity contribution in [2.45, 2.75) is 6.10 Å². The van der Waals surface area contributed by atoms with Crippen LogP contribution in [0.4, 0.5) is 5.69 Å². The van der Waals surface area contributed by atoms with Crippen molar-refractivity contribution in [2.75, 3.05) is 52.3 Å². The fourth-order valence-corrected chi connectivity index (χ4v) is 4.37. The Balaban J connectivity index is 1.58. The molecule has 0 radical (unpaired) electrons. The van der Waals surface area contributed by atoms with Gasteiger partial charge in [-0.05, 0) is 18.2 Å². The Morgan fingerprint density at radius 2 is 1.97 bits per heavy atom. The molecule has 0 spiro atoms. The van der Waals surface area contributed by atoms with Crippen molar-refractivity contribution in [2.24, 2.45) is 0 Å². The van der Waals surface area contributed by atoms with Crippen LogP contribution in [0.3, 0.4) is 0 Å². The molecule has 1 aromatic carbocycles. The first kappa shape index (κ1) is 22.3. The van der Waals surface area contributed by atoms with E-state index in [2.05, 4.69) is 19.7 Å². The first-order valence-electron chi connectivity index (χ1n) is 10.2. The van der Waals surface area contributed by atoms with Gasteiger partial charge < -0.3 is 14.4 Å². The van der Waals surface area contributed by atoms with E-state index < -0.39 is 16.3 Å². The lowest BCUT2D eigenvalue weighted by Gasteiger charge is -2.31. The summed E-state index contributed by atoms with van der Waals surface area (Å²) in [6.07, 6.45) is 2.78. The average molecular weight is 459 g/mol. The van der Waals surface area contributed by atoms with Crippen LogP contribution in [0, 0.1) is 0 Å². The van der Waals surface area contributed by atoms with E-state index in [9.17, 15) is 8.42 Å². The molecule has 170 valence electrons. The van der Waals surface area contributed by atoms with E-state index in [4.69, 9.17) is 9.47 Å². The third kappa shape index (κ3) is 4.80. The van der Waals surface area contributed by atoms with Gasteiger partial charge in [0.1, 0.15) is 12.7 Å². The summed E-state index contributed by atoms with van der Waals surface area (Å²) in [5.41, 5.74) is 3.92. The summed E-state index contributed by atoms with van der Waals surface area (Å²) >= 11 is 0. The fourth-order valence-electron chi connectivity index (χ4n) is 3.43. The number of anilines is 1.